The molecular formula is C14H20N4O. The third kappa shape index (κ3) is 3.57. The zero-order valence-corrected chi connectivity index (χ0v) is 11.4. The number of nitrogens with zero attached hydrogens (tertiary/aromatic N) is 3. The number of rotatable bonds is 4. The van der Waals surface area contributed by atoms with Crippen LogP contribution in [0.15, 0.2) is 12.4 Å². The van der Waals surface area contributed by atoms with Gasteiger partial charge in [-0.3, -0.25) is 9.89 Å². The summed E-state index contributed by atoms with van der Waals surface area (Å²) in [6.45, 7) is 3.31. The van der Waals surface area contributed by atoms with Gasteiger partial charge in [0, 0.05) is 25.7 Å². The number of H-pyrrole nitrogens is 1. The minimum absolute atomic E-state index is 0.171. The van der Waals surface area contributed by atoms with Crippen LogP contribution in [0.1, 0.15) is 38.2 Å². The van der Waals surface area contributed by atoms with Gasteiger partial charge in [-0.25, -0.2) is 0 Å². The summed E-state index contributed by atoms with van der Waals surface area (Å²) in [6, 6.07) is 2.34. The van der Waals surface area contributed by atoms with Crippen molar-refractivity contribution in [1.29, 1.82) is 5.26 Å². The number of aromatic amines is 1. The molecule has 1 aromatic heterocycles. The first-order valence-electron chi connectivity index (χ1n) is 6.80. The lowest BCUT2D eigenvalue weighted by molar-refractivity contribution is -0.133. The number of hydrogen-bond donors (Lipinski definition) is 1. The highest BCUT2D eigenvalue weighted by Gasteiger charge is 2.32. The second-order valence-corrected chi connectivity index (χ2v) is 5.55. The van der Waals surface area contributed by atoms with E-state index in [1.165, 1.54) is 0 Å². The van der Waals surface area contributed by atoms with Crippen LogP contribution in [0.2, 0.25) is 0 Å². The number of piperidine rings is 1. The van der Waals surface area contributed by atoms with E-state index in [9.17, 15) is 4.79 Å². The normalized spacial score (nSPS) is 23.1. The van der Waals surface area contributed by atoms with Crippen LogP contribution < -0.4 is 0 Å². The Morgan fingerprint density at radius 2 is 2.53 bits per heavy atom. The Hall–Kier alpha value is -1.83. The molecule has 1 aliphatic rings. The summed E-state index contributed by atoms with van der Waals surface area (Å²) in [5, 5.41) is 15.8. The van der Waals surface area contributed by atoms with E-state index in [0.29, 0.717) is 13.0 Å². The zero-order valence-electron chi connectivity index (χ0n) is 11.4. The molecule has 1 aliphatic heterocycles. The molecule has 1 amide bonds. The number of aromatic nitrogens is 2. The molecule has 0 spiro atoms. The minimum Gasteiger partial charge on any atom is -0.341 e. The van der Waals surface area contributed by atoms with Crippen molar-refractivity contribution in [1.82, 2.24) is 15.1 Å². The molecule has 1 atom stereocenters. The van der Waals surface area contributed by atoms with Crippen LogP contribution in [0, 0.1) is 16.7 Å². The lowest BCUT2D eigenvalue weighted by atomic mass is 9.83. The third-order valence-electron chi connectivity index (χ3n) is 3.73. The van der Waals surface area contributed by atoms with Crippen molar-refractivity contribution < 1.29 is 4.79 Å². The van der Waals surface area contributed by atoms with Gasteiger partial charge in [0.05, 0.1) is 17.7 Å². The Kier molecular flexibility index (Phi) is 4.20. The van der Waals surface area contributed by atoms with Gasteiger partial charge in [0.15, 0.2) is 0 Å². The van der Waals surface area contributed by atoms with Crippen LogP contribution in [0.25, 0.3) is 0 Å². The molecule has 0 radical (unpaired) electrons. The first-order valence-corrected chi connectivity index (χ1v) is 6.80. The average molecular weight is 260 g/mol. The molecule has 0 aliphatic carbocycles. The fourth-order valence-electron chi connectivity index (χ4n) is 2.56. The topological polar surface area (TPSA) is 72.8 Å². The predicted octanol–water partition coefficient (Wildman–Crippen LogP) is 1.88. The maximum atomic E-state index is 12.1. The van der Waals surface area contributed by atoms with Crippen LogP contribution in [0.5, 0.6) is 0 Å². The lowest BCUT2D eigenvalue weighted by Gasteiger charge is -2.36. The van der Waals surface area contributed by atoms with Gasteiger partial charge in [0.1, 0.15) is 0 Å². The number of nitrogens with one attached hydrogen (secondary N) is 1. The Morgan fingerprint density at radius 1 is 1.68 bits per heavy atom. The second-order valence-electron chi connectivity index (χ2n) is 5.55. The van der Waals surface area contributed by atoms with E-state index in [2.05, 4.69) is 16.3 Å². The highest BCUT2D eigenvalue weighted by molar-refractivity contribution is 5.76. The predicted molar refractivity (Wildman–Crippen MR) is 71.1 cm³/mol. The number of nitriles is 1. The molecule has 2 heterocycles. The molecule has 0 bridgehead atoms. The van der Waals surface area contributed by atoms with Crippen molar-refractivity contribution in [3.05, 3.63) is 18.0 Å². The van der Waals surface area contributed by atoms with E-state index >= 15 is 0 Å². The van der Waals surface area contributed by atoms with E-state index in [1.807, 2.05) is 18.0 Å². The summed E-state index contributed by atoms with van der Waals surface area (Å²) < 4.78 is 0. The molecule has 1 N–H and O–H groups in total. The summed E-state index contributed by atoms with van der Waals surface area (Å²) in [5.41, 5.74) is 0.770. The summed E-state index contributed by atoms with van der Waals surface area (Å²) >= 11 is 0. The van der Waals surface area contributed by atoms with Crippen LogP contribution in [0.3, 0.4) is 0 Å². The average Bonchev–Trinajstić information content (AvgIpc) is 2.92. The molecule has 2 rings (SSSR count). The number of aryl methyl sites for hydroxylation is 1. The molecule has 19 heavy (non-hydrogen) atoms. The van der Waals surface area contributed by atoms with E-state index in [4.69, 9.17) is 5.26 Å². The van der Waals surface area contributed by atoms with Crippen LogP contribution in [0.4, 0.5) is 0 Å². The fourth-order valence-corrected chi connectivity index (χ4v) is 2.56. The van der Waals surface area contributed by atoms with E-state index < -0.39 is 0 Å². The summed E-state index contributed by atoms with van der Waals surface area (Å²) in [6.07, 6.45) is 7.71. The molecule has 1 saturated heterocycles. The van der Waals surface area contributed by atoms with Crippen LogP contribution >= 0.6 is 0 Å². The number of amides is 1. The number of carbonyl (C=O) groups excluding carboxylic acids is 1. The van der Waals surface area contributed by atoms with Gasteiger partial charge in [-0.15, -0.1) is 0 Å². The highest BCUT2D eigenvalue weighted by atomic mass is 16.2. The molecule has 5 nitrogen and oxygen atoms in total. The van der Waals surface area contributed by atoms with Gasteiger partial charge in [0.2, 0.25) is 5.91 Å². The summed E-state index contributed by atoms with van der Waals surface area (Å²) in [4.78, 5) is 14.0. The molecule has 1 aromatic rings. The summed E-state index contributed by atoms with van der Waals surface area (Å²) in [7, 11) is 0. The number of carbonyl (C=O) groups is 1. The van der Waals surface area contributed by atoms with E-state index in [-0.39, 0.29) is 11.3 Å². The molecule has 0 aromatic carbocycles. The standard InChI is InChI=1S/C14H20N4O/c1-14(10-15)6-3-7-18(11-14)13(19)5-2-4-12-8-16-17-9-12/h8-9H,2-7,11H2,1H3,(H,16,17). The molecule has 1 fully saturated rings. The van der Waals surface area contributed by atoms with Crippen molar-refractivity contribution in [3.63, 3.8) is 0 Å². The SMILES string of the molecule is CC1(C#N)CCCN(C(=O)CCCc2cn[nH]c2)C1. The monoisotopic (exact) mass is 260 g/mol. The molecule has 0 saturated carbocycles. The van der Waals surface area contributed by atoms with Crippen molar-refractivity contribution in [2.75, 3.05) is 13.1 Å². The Balaban J connectivity index is 1.78. The largest absolute Gasteiger partial charge is 0.341 e. The Morgan fingerprint density at radius 3 is 3.21 bits per heavy atom. The minimum atomic E-state index is -0.363. The molecular weight excluding hydrogens is 240 g/mol. The first-order chi connectivity index (χ1) is 9.13. The van der Waals surface area contributed by atoms with Gasteiger partial charge >= 0.3 is 0 Å². The maximum absolute atomic E-state index is 12.1. The summed E-state index contributed by atoms with van der Waals surface area (Å²) in [5.74, 6) is 0.171. The number of likely N-dealkylation sites (tertiary alicyclic amines) is 1. The number of hydrogen-bond acceptors (Lipinski definition) is 3. The van der Waals surface area contributed by atoms with Gasteiger partial charge in [0.25, 0.3) is 0 Å². The van der Waals surface area contributed by atoms with Crippen LogP contribution in [-0.2, 0) is 11.2 Å². The first kappa shape index (κ1) is 13.6. The fraction of sp³-hybridized carbons (Fsp3) is 0.643. The smallest absolute Gasteiger partial charge is 0.222 e. The van der Waals surface area contributed by atoms with Crippen LogP contribution in [-0.4, -0.2) is 34.1 Å². The van der Waals surface area contributed by atoms with Crippen molar-refractivity contribution in [2.24, 2.45) is 5.41 Å². The van der Waals surface area contributed by atoms with Crippen molar-refractivity contribution in [2.45, 2.75) is 39.0 Å². The Bertz CT molecular complexity index is 462. The molecule has 1 unspecified atom stereocenters. The maximum Gasteiger partial charge on any atom is 0.222 e. The second kappa shape index (κ2) is 5.87. The van der Waals surface area contributed by atoms with E-state index in [0.717, 1.165) is 37.8 Å². The van der Waals surface area contributed by atoms with Crippen molar-refractivity contribution in [3.8, 4) is 6.07 Å². The zero-order chi connectivity index (χ0) is 13.7. The molecule has 102 valence electrons. The quantitative estimate of drug-likeness (QED) is 0.898. The van der Waals surface area contributed by atoms with Gasteiger partial charge in [-0.2, -0.15) is 10.4 Å². The Labute approximate surface area is 113 Å². The van der Waals surface area contributed by atoms with Crippen molar-refractivity contribution >= 4 is 5.91 Å². The molecule has 5 heteroatoms. The third-order valence-corrected chi connectivity index (χ3v) is 3.73. The van der Waals surface area contributed by atoms with Gasteiger partial charge < -0.3 is 4.90 Å². The highest BCUT2D eigenvalue weighted by Crippen LogP contribution is 2.28. The van der Waals surface area contributed by atoms with Gasteiger partial charge in [-0.05, 0) is 38.2 Å². The van der Waals surface area contributed by atoms with Gasteiger partial charge in [-0.1, -0.05) is 0 Å². The lowest BCUT2D eigenvalue weighted by Crippen LogP contribution is -2.44. The van der Waals surface area contributed by atoms with E-state index in [1.54, 1.807) is 6.20 Å².